The summed E-state index contributed by atoms with van der Waals surface area (Å²) in [5, 5.41) is 5.20. The lowest BCUT2D eigenvalue weighted by Gasteiger charge is -2.22. The van der Waals surface area contributed by atoms with E-state index in [2.05, 4.69) is 26.6 Å². The van der Waals surface area contributed by atoms with Crippen molar-refractivity contribution in [1.82, 2.24) is 10.6 Å². The van der Waals surface area contributed by atoms with Crippen LogP contribution in [0.2, 0.25) is 0 Å². The van der Waals surface area contributed by atoms with Crippen LogP contribution in [0.1, 0.15) is 24.2 Å². The molecule has 0 aromatic heterocycles. The summed E-state index contributed by atoms with van der Waals surface area (Å²) in [6.07, 6.45) is 0. The summed E-state index contributed by atoms with van der Waals surface area (Å²) < 4.78 is 13.3. The van der Waals surface area contributed by atoms with Gasteiger partial charge in [-0.1, -0.05) is 0 Å². The van der Waals surface area contributed by atoms with E-state index < -0.39 is 11.2 Å². The first-order valence-electron chi connectivity index (χ1n) is 5.73. The van der Waals surface area contributed by atoms with Crippen molar-refractivity contribution in [2.45, 2.75) is 13.8 Å². The van der Waals surface area contributed by atoms with Crippen molar-refractivity contribution in [3.05, 3.63) is 34.1 Å². The van der Waals surface area contributed by atoms with E-state index in [1.807, 2.05) is 0 Å². The number of carbonyl (C=O) groups excluding carboxylic acids is 2. The van der Waals surface area contributed by atoms with Crippen LogP contribution in [-0.4, -0.2) is 25.4 Å². The third-order valence-electron chi connectivity index (χ3n) is 2.71. The number of amides is 2. The fourth-order valence-corrected chi connectivity index (χ4v) is 1.84. The molecule has 2 amide bonds. The van der Waals surface area contributed by atoms with Gasteiger partial charge in [-0.25, -0.2) is 4.39 Å². The molecule has 0 fully saturated rings. The van der Waals surface area contributed by atoms with Crippen LogP contribution in [0.25, 0.3) is 0 Å². The maximum absolute atomic E-state index is 13.1. The molecule has 104 valence electrons. The molecule has 0 spiro atoms. The Morgan fingerprint density at radius 1 is 1.37 bits per heavy atom. The highest BCUT2D eigenvalue weighted by Gasteiger charge is 2.27. The molecule has 0 bridgehead atoms. The first kappa shape index (κ1) is 15.6. The van der Waals surface area contributed by atoms with Gasteiger partial charge in [0.25, 0.3) is 5.91 Å². The number of hydrogen-bond acceptors (Lipinski definition) is 2. The standard InChI is InChI=1S/C13H16BrFN2O2/c1-13(2,12(19)16-3)7-17-11(18)8-4-5-10(15)9(14)6-8/h4-6H,7H2,1-3H3,(H,16,19)(H,17,18). The molecule has 19 heavy (non-hydrogen) atoms. The first-order valence-corrected chi connectivity index (χ1v) is 6.52. The van der Waals surface area contributed by atoms with E-state index in [-0.39, 0.29) is 22.8 Å². The summed E-state index contributed by atoms with van der Waals surface area (Å²) in [5.74, 6) is -0.937. The Balaban J connectivity index is 2.70. The van der Waals surface area contributed by atoms with Gasteiger partial charge in [0, 0.05) is 19.2 Å². The van der Waals surface area contributed by atoms with Crippen LogP contribution >= 0.6 is 15.9 Å². The van der Waals surface area contributed by atoms with Gasteiger partial charge in [0.15, 0.2) is 0 Å². The van der Waals surface area contributed by atoms with Crippen molar-refractivity contribution in [2.75, 3.05) is 13.6 Å². The summed E-state index contributed by atoms with van der Waals surface area (Å²) in [6, 6.07) is 4.00. The Morgan fingerprint density at radius 3 is 2.53 bits per heavy atom. The van der Waals surface area contributed by atoms with Gasteiger partial charge in [-0.3, -0.25) is 9.59 Å². The van der Waals surface area contributed by atoms with E-state index >= 15 is 0 Å². The van der Waals surface area contributed by atoms with Gasteiger partial charge < -0.3 is 10.6 Å². The summed E-state index contributed by atoms with van der Waals surface area (Å²) in [7, 11) is 1.54. The molecule has 0 aliphatic heterocycles. The minimum atomic E-state index is -0.707. The molecular formula is C13H16BrFN2O2. The zero-order valence-electron chi connectivity index (χ0n) is 11.0. The number of carbonyl (C=O) groups is 2. The lowest BCUT2D eigenvalue weighted by Crippen LogP contribution is -2.43. The Bertz CT molecular complexity index is 503. The van der Waals surface area contributed by atoms with Crippen molar-refractivity contribution in [3.8, 4) is 0 Å². The zero-order chi connectivity index (χ0) is 14.6. The second-order valence-corrected chi connectivity index (χ2v) is 5.63. The number of nitrogens with one attached hydrogen (secondary N) is 2. The quantitative estimate of drug-likeness (QED) is 0.888. The molecule has 0 heterocycles. The van der Waals surface area contributed by atoms with Gasteiger partial charge in [-0.15, -0.1) is 0 Å². The van der Waals surface area contributed by atoms with Crippen LogP contribution in [-0.2, 0) is 4.79 Å². The Kier molecular flexibility index (Phi) is 5.05. The van der Waals surface area contributed by atoms with Crippen LogP contribution < -0.4 is 10.6 Å². The summed E-state index contributed by atoms with van der Waals surface area (Å²) in [6.45, 7) is 3.65. The second kappa shape index (κ2) is 6.14. The first-order chi connectivity index (χ1) is 8.77. The predicted octanol–water partition coefficient (Wildman–Crippen LogP) is 2.09. The molecule has 0 aliphatic rings. The van der Waals surface area contributed by atoms with Gasteiger partial charge in [0.1, 0.15) is 5.82 Å². The molecule has 0 saturated carbocycles. The van der Waals surface area contributed by atoms with Crippen LogP contribution in [0.5, 0.6) is 0 Å². The average Bonchev–Trinajstić information content (AvgIpc) is 2.38. The number of benzene rings is 1. The molecule has 1 aromatic rings. The van der Waals surface area contributed by atoms with Crippen LogP contribution in [0.15, 0.2) is 22.7 Å². The van der Waals surface area contributed by atoms with Gasteiger partial charge in [0.05, 0.1) is 9.89 Å². The summed E-state index contributed by atoms with van der Waals surface area (Å²) in [5.41, 5.74) is -0.372. The third kappa shape index (κ3) is 4.02. The molecule has 0 saturated heterocycles. The van der Waals surface area contributed by atoms with E-state index in [4.69, 9.17) is 0 Å². The van der Waals surface area contributed by atoms with E-state index in [9.17, 15) is 14.0 Å². The monoisotopic (exact) mass is 330 g/mol. The van der Waals surface area contributed by atoms with E-state index in [1.54, 1.807) is 20.9 Å². The molecule has 2 N–H and O–H groups in total. The number of hydrogen-bond donors (Lipinski definition) is 2. The Labute approximate surface area is 119 Å². The molecule has 6 heteroatoms. The van der Waals surface area contributed by atoms with Crippen LogP contribution in [0, 0.1) is 11.2 Å². The van der Waals surface area contributed by atoms with Crippen molar-refractivity contribution >= 4 is 27.7 Å². The van der Waals surface area contributed by atoms with Crippen molar-refractivity contribution < 1.29 is 14.0 Å². The minimum absolute atomic E-state index is 0.159. The maximum atomic E-state index is 13.1. The third-order valence-corrected chi connectivity index (χ3v) is 3.32. The minimum Gasteiger partial charge on any atom is -0.359 e. The average molecular weight is 331 g/mol. The van der Waals surface area contributed by atoms with E-state index in [0.717, 1.165) is 0 Å². The van der Waals surface area contributed by atoms with Crippen molar-refractivity contribution in [1.29, 1.82) is 0 Å². The highest BCUT2D eigenvalue weighted by molar-refractivity contribution is 9.10. The van der Waals surface area contributed by atoms with Gasteiger partial charge in [-0.05, 0) is 48.0 Å². The molecule has 0 atom stereocenters. The van der Waals surface area contributed by atoms with Crippen LogP contribution in [0.3, 0.4) is 0 Å². The zero-order valence-corrected chi connectivity index (χ0v) is 12.6. The summed E-state index contributed by atoms with van der Waals surface area (Å²) >= 11 is 3.02. The summed E-state index contributed by atoms with van der Waals surface area (Å²) in [4.78, 5) is 23.4. The van der Waals surface area contributed by atoms with Gasteiger partial charge in [-0.2, -0.15) is 0 Å². The van der Waals surface area contributed by atoms with Gasteiger partial charge in [0.2, 0.25) is 5.91 Å². The maximum Gasteiger partial charge on any atom is 0.251 e. The molecular weight excluding hydrogens is 315 g/mol. The normalized spacial score (nSPS) is 11.0. The lowest BCUT2D eigenvalue weighted by atomic mass is 9.92. The predicted molar refractivity (Wildman–Crippen MR) is 74.3 cm³/mol. The number of halogens is 2. The number of rotatable bonds is 4. The van der Waals surface area contributed by atoms with Crippen molar-refractivity contribution in [3.63, 3.8) is 0 Å². The SMILES string of the molecule is CNC(=O)C(C)(C)CNC(=O)c1ccc(F)c(Br)c1. The molecule has 0 radical (unpaired) electrons. The highest BCUT2D eigenvalue weighted by Crippen LogP contribution is 2.17. The molecule has 0 aliphatic carbocycles. The lowest BCUT2D eigenvalue weighted by molar-refractivity contribution is -0.128. The smallest absolute Gasteiger partial charge is 0.251 e. The van der Waals surface area contributed by atoms with Gasteiger partial charge >= 0.3 is 0 Å². The fraction of sp³-hybridized carbons (Fsp3) is 0.385. The highest BCUT2D eigenvalue weighted by atomic mass is 79.9. The Hall–Kier alpha value is -1.43. The molecule has 0 unspecified atom stereocenters. The van der Waals surface area contributed by atoms with Crippen LogP contribution in [0.4, 0.5) is 4.39 Å². The molecule has 1 rings (SSSR count). The Morgan fingerprint density at radius 2 is 2.00 bits per heavy atom. The fourth-order valence-electron chi connectivity index (χ4n) is 1.46. The van der Waals surface area contributed by atoms with E-state index in [0.29, 0.717) is 5.56 Å². The molecule has 1 aromatic carbocycles. The van der Waals surface area contributed by atoms with Crippen molar-refractivity contribution in [2.24, 2.45) is 5.41 Å². The molecule has 4 nitrogen and oxygen atoms in total. The second-order valence-electron chi connectivity index (χ2n) is 4.77. The van der Waals surface area contributed by atoms with E-state index in [1.165, 1.54) is 18.2 Å². The topological polar surface area (TPSA) is 58.2 Å². The largest absolute Gasteiger partial charge is 0.359 e.